The van der Waals surface area contributed by atoms with Crippen LogP contribution in [0.15, 0.2) is 12.2 Å². The predicted molar refractivity (Wildman–Crippen MR) is 42.1 cm³/mol. The summed E-state index contributed by atoms with van der Waals surface area (Å²) in [5.74, 6) is -0.512. The van der Waals surface area contributed by atoms with Crippen molar-refractivity contribution in [2.24, 2.45) is 0 Å². The molecule has 0 saturated heterocycles. The number of hydrogen-bond donors (Lipinski definition) is 1. The highest BCUT2D eigenvalue weighted by Crippen LogP contribution is 2.00. The van der Waals surface area contributed by atoms with Gasteiger partial charge in [0.25, 0.3) is 0 Å². The number of aliphatic hydroxyl groups excluding tert-OH is 1. The van der Waals surface area contributed by atoms with Crippen molar-refractivity contribution in [1.29, 1.82) is 0 Å². The molecule has 0 spiro atoms. The van der Waals surface area contributed by atoms with Gasteiger partial charge < -0.3 is 9.84 Å². The Hall–Kier alpha value is -0.830. The first kappa shape index (κ1) is 10.2. The highest BCUT2D eigenvalue weighted by molar-refractivity contribution is 5.88. The van der Waals surface area contributed by atoms with Crippen molar-refractivity contribution in [2.45, 2.75) is 26.4 Å². The lowest BCUT2D eigenvalue weighted by Gasteiger charge is -2.10. The average Bonchev–Trinajstić information content (AvgIpc) is 2.02. The number of aliphatic hydroxyl groups is 1. The van der Waals surface area contributed by atoms with E-state index in [1.54, 1.807) is 6.92 Å². The van der Waals surface area contributed by atoms with Crippen LogP contribution in [0.4, 0.5) is 0 Å². The number of esters is 1. The second-order valence-electron chi connectivity index (χ2n) is 2.39. The van der Waals surface area contributed by atoms with Gasteiger partial charge in [0.1, 0.15) is 0 Å². The molecule has 11 heavy (non-hydrogen) atoms. The first-order valence-corrected chi connectivity index (χ1v) is 3.61. The van der Waals surface area contributed by atoms with E-state index in [2.05, 4.69) is 6.58 Å². The van der Waals surface area contributed by atoms with Crippen molar-refractivity contribution in [3.05, 3.63) is 12.2 Å². The molecular formula is C8H14O3. The van der Waals surface area contributed by atoms with E-state index in [1.807, 2.05) is 6.92 Å². The summed E-state index contributed by atoms with van der Waals surface area (Å²) in [5.41, 5.74) is 0.102. The summed E-state index contributed by atoms with van der Waals surface area (Å²) in [7, 11) is 0. The van der Waals surface area contributed by atoms with Crippen molar-refractivity contribution >= 4 is 5.97 Å². The van der Waals surface area contributed by atoms with Crippen LogP contribution in [0.25, 0.3) is 0 Å². The highest BCUT2D eigenvalue weighted by Gasteiger charge is 2.09. The first-order chi connectivity index (χ1) is 5.11. The van der Waals surface area contributed by atoms with Gasteiger partial charge in [0.15, 0.2) is 0 Å². The van der Waals surface area contributed by atoms with Crippen molar-refractivity contribution in [1.82, 2.24) is 0 Å². The molecule has 1 unspecified atom stereocenters. The minimum absolute atomic E-state index is 0.102. The molecule has 3 nitrogen and oxygen atoms in total. The van der Waals surface area contributed by atoms with E-state index in [9.17, 15) is 4.79 Å². The Morgan fingerprint density at radius 3 is 2.64 bits per heavy atom. The zero-order chi connectivity index (χ0) is 8.85. The summed E-state index contributed by atoms with van der Waals surface area (Å²) in [4.78, 5) is 10.9. The third-order valence-electron chi connectivity index (χ3n) is 1.36. The molecule has 0 aliphatic carbocycles. The summed E-state index contributed by atoms with van der Waals surface area (Å²) in [5, 5.41) is 8.49. The Labute approximate surface area is 66.7 Å². The molecule has 0 amide bonds. The van der Waals surface area contributed by atoms with Crippen molar-refractivity contribution in [3.63, 3.8) is 0 Å². The third kappa shape index (κ3) is 3.78. The van der Waals surface area contributed by atoms with Gasteiger partial charge in [-0.1, -0.05) is 13.5 Å². The van der Waals surface area contributed by atoms with Crippen molar-refractivity contribution in [2.75, 3.05) is 6.61 Å². The lowest BCUT2D eigenvalue weighted by atomic mass is 10.3. The number of rotatable bonds is 4. The Bertz CT molecular complexity index is 151. The minimum Gasteiger partial charge on any atom is -0.459 e. The smallest absolute Gasteiger partial charge is 0.336 e. The van der Waals surface area contributed by atoms with E-state index in [4.69, 9.17) is 9.84 Å². The van der Waals surface area contributed by atoms with Gasteiger partial charge >= 0.3 is 5.97 Å². The average molecular weight is 158 g/mol. The molecule has 0 heterocycles. The van der Waals surface area contributed by atoms with Gasteiger partial charge in [-0.2, -0.15) is 0 Å². The lowest BCUT2D eigenvalue weighted by Crippen LogP contribution is -2.16. The molecular weight excluding hydrogens is 144 g/mol. The van der Waals surface area contributed by atoms with Crippen LogP contribution < -0.4 is 0 Å². The molecule has 64 valence electrons. The monoisotopic (exact) mass is 158 g/mol. The Morgan fingerprint density at radius 2 is 2.27 bits per heavy atom. The molecule has 0 aliphatic rings. The fourth-order valence-corrected chi connectivity index (χ4v) is 0.414. The molecule has 0 aliphatic heterocycles. The maximum Gasteiger partial charge on any atom is 0.336 e. The van der Waals surface area contributed by atoms with E-state index in [-0.39, 0.29) is 18.3 Å². The zero-order valence-corrected chi connectivity index (χ0v) is 6.96. The fourth-order valence-electron chi connectivity index (χ4n) is 0.414. The molecule has 0 aromatic heterocycles. The van der Waals surface area contributed by atoms with E-state index >= 15 is 0 Å². The van der Waals surface area contributed by atoms with E-state index in [0.29, 0.717) is 0 Å². The van der Waals surface area contributed by atoms with Gasteiger partial charge in [-0.25, -0.2) is 4.79 Å². The highest BCUT2D eigenvalue weighted by atomic mass is 16.5. The van der Waals surface area contributed by atoms with Crippen LogP contribution >= 0.6 is 0 Å². The number of hydrogen-bond acceptors (Lipinski definition) is 3. The van der Waals surface area contributed by atoms with Crippen LogP contribution in [0.3, 0.4) is 0 Å². The number of carbonyl (C=O) groups is 1. The first-order valence-electron chi connectivity index (χ1n) is 3.61. The topological polar surface area (TPSA) is 46.5 Å². The summed E-state index contributed by atoms with van der Waals surface area (Å²) in [6, 6.07) is 0. The molecule has 3 heteroatoms. The van der Waals surface area contributed by atoms with Crippen LogP contribution in [0.1, 0.15) is 20.3 Å². The predicted octanol–water partition coefficient (Wildman–Crippen LogP) is 0.877. The van der Waals surface area contributed by atoms with E-state index in [0.717, 1.165) is 6.42 Å². The largest absolute Gasteiger partial charge is 0.459 e. The van der Waals surface area contributed by atoms with Gasteiger partial charge in [-0.3, -0.25) is 0 Å². The Morgan fingerprint density at radius 1 is 1.73 bits per heavy atom. The van der Waals surface area contributed by atoms with Crippen molar-refractivity contribution in [3.8, 4) is 0 Å². The summed E-state index contributed by atoms with van der Waals surface area (Å²) in [6.07, 6.45) is 0.663. The standard InChI is InChI=1S/C8H14O3/c1-4-7(3)11-8(10)6(2)5-9/h7,9H,2,4-5H2,1,3H3. The SMILES string of the molecule is C=C(CO)C(=O)OC(C)CC. The van der Waals surface area contributed by atoms with Crippen LogP contribution in [-0.4, -0.2) is 23.8 Å². The Balaban J connectivity index is 3.77. The summed E-state index contributed by atoms with van der Waals surface area (Å²) in [6.45, 7) is 6.71. The number of carbonyl (C=O) groups excluding carboxylic acids is 1. The van der Waals surface area contributed by atoms with Gasteiger partial charge in [0.2, 0.25) is 0 Å². The van der Waals surface area contributed by atoms with Crippen LogP contribution in [0.2, 0.25) is 0 Å². The lowest BCUT2D eigenvalue weighted by molar-refractivity contribution is -0.144. The van der Waals surface area contributed by atoms with Crippen molar-refractivity contribution < 1.29 is 14.6 Å². The molecule has 0 radical (unpaired) electrons. The molecule has 0 fully saturated rings. The van der Waals surface area contributed by atoms with E-state index in [1.165, 1.54) is 0 Å². The molecule has 0 rings (SSSR count). The van der Waals surface area contributed by atoms with Gasteiger partial charge in [0.05, 0.1) is 18.3 Å². The molecule has 0 aromatic carbocycles. The van der Waals surface area contributed by atoms with Gasteiger partial charge in [0, 0.05) is 0 Å². The second-order valence-corrected chi connectivity index (χ2v) is 2.39. The normalized spacial score (nSPS) is 12.3. The molecule has 0 saturated carbocycles. The van der Waals surface area contributed by atoms with Crippen LogP contribution in [0, 0.1) is 0 Å². The summed E-state index contributed by atoms with van der Waals surface area (Å²) < 4.78 is 4.85. The van der Waals surface area contributed by atoms with E-state index < -0.39 is 5.97 Å². The second kappa shape index (κ2) is 4.91. The van der Waals surface area contributed by atoms with Crippen LogP contribution in [0.5, 0.6) is 0 Å². The molecule has 0 aromatic rings. The fraction of sp³-hybridized carbons (Fsp3) is 0.625. The quantitative estimate of drug-likeness (QED) is 0.488. The maximum atomic E-state index is 10.9. The zero-order valence-electron chi connectivity index (χ0n) is 6.96. The third-order valence-corrected chi connectivity index (χ3v) is 1.36. The molecule has 0 bridgehead atoms. The molecule has 1 atom stereocenters. The Kier molecular flexibility index (Phi) is 4.54. The molecule has 1 N–H and O–H groups in total. The van der Waals surface area contributed by atoms with Gasteiger partial charge in [-0.15, -0.1) is 0 Å². The summed E-state index contributed by atoms with van der Waals surface area (Å²) >= 11 is 0. The minimum atomic E-state index is -0.512. The maximum absolute atomic E-state index is 10.9. The van der Waals surface area contributed by atoms with Crippen LogP contribution in [-0.2, 0) is 9.53 Å². The number of ether oxygens (including phenoxy) is 1. The van der Waals surface area contributed by atoms with Gasteiger partial charge in [-0.05, 0) is 13.3 Å².